The van der Waals surface area contributed by atoms with Gasteiger partial charge >= 0.3 is 0 Å². The van der Waals surface area contributed by atoms with Crippen LogP contribution in [0, 0.1) is 5.41 Å². The van der Waals surface area contributed by atoms with Gasteiger partial charge in [0.1, 0.15) is 5.56 Å². The summed E-state index contributed by atoms with van der Waals surface area (Å²) in [4.78, 5) is 39.5. The summed E-state index contributed by atoms with van der Waals surface area (Å²) >= 11 is 6.01. The Balaban J connectivity index is 1.82. The fourth-order valence-corrected chi connectivity index (χ4v) is 4.71. The van der Waals surface area contributed by atoms with Gasteiger partial charge in [0, 0.05) is 34.1 Å². The SMILES string of the molecule is CC1(C)CC(=O)c2cc(C(=O)Nc3ccc(S(N)(=O)=O)cc3)c(=O)n(-c3ccc(Cl)cc3)c2C1. The molecule has 10 heteroatoms. The molecular weight excluding hydrogens is 478 g/mol. The molecule has 4 rings (SSSR count). The molecule has 0 saturated carbocycles. The molecule has 0 saturated heterocycles. The number of nitrogens with two attached hydrogens (primary N) is 1. The van der Waals surface area contributed by atoms with Gasteiger partial charge in [0.15, 0.2) is 5.78 Å². The lowest BCUT2D eigenvalue weighted by Gasteiger charge is -2.32. The highest BCUT2D eigenvalue weighted by Crippen LogP contribution is 2.35. The van der Waals surface area contributed by atoms with Gasteiger partial charge in [-0.2, -0.15) is 0 Å². The number of fused-ring (bicyclic) bond motifs is 1. The molecule has 0 bridgehead atoms. The first-order valence-electron chi connectivity index (χ1n) is 10.4. The Bertz CT molecular complexity index is 1470. The molecule has 1 amide bonds. The second-order valence-electron chi connectivity index (χ2n) is 9.00. The highest BCUT2D eigenvalue weighted by atomic mass is 35.5. The first-order valence-corrected chi connectivity index (χ1v) is 12.3. The van der Waals surface area contributed by atoms with Gasteiger partial charge in [0.2, 0.25) is 10.0 Å². The van der Waals surface area contributed by atoms with Gasteiger partial charge < -0.3 is 5.32 Å². The molecule has 2 aromatic carbocycles. The molecule has 1 heterocycles. The molecule has 8 nitrogen and oxygen atoms in total. The predicted molar refractivity (Wildman–Crippen MR) is 129 cm³/mol. The quantitative estimate of drug-likeness (QED) is 0.567. The number of sulfonamides is 1. The normalized spacial score (nSPS) is 15.0. The molecule has 176 valence electrons. The standard InChI is InChI=1S/C24H22ClN3O5S/c1-24(2)12-20-18(21(29)13-24)11-19(23(31)28(20)16-7-3-14(25)4-8-16)22(30)27-15-5-9-17(10-6-15)34(26,32)33/h3-11H,12-13H2,1-2H3,(H,27,30)(H2,26,32,33). The van der Waals surface area contributed by atoms with Crippen molar-refractivity contribution in [2.75, 3.05) is 5.32 Å². The zero-order valence-corrected chi connectivity index (χ0v) is 20.0. The number of carbonyl (C=O) groups excluding carboxylic acids is 2. The average Bonchev–Trinajstić information content (AvgIpc) is 2.73. The molecule has 0 unspecified atom stereocenters. The van der Waals surface area contributed by atoms with Crippen molar-refractivity contribution in [2.45, 2.75) is 31.6 Å². The van der Waals surface area contributed by atoms with E-state index in [4.69, 9.17) is 16.7 Å². The summed E-state index contributed by atoms with van der Waals surface area (Å²) < 4.78 is 24.3. The number of aromatic nitrogens is 1. The van der Waals surface area contributed by atoms with Crippen LogP contribution in [0.3, 0.4) is 0 Å². The van der Waals surface area contributed by atoms with Crippen LogP contribution >= 0.6 is 11.6 Å². The number of ketones is 1. The van der Waals surface area contributed by atoms with E-state index in [-0.39, 0.29) is 33.8 Å². The number of pyridine rings is 1. The molecule has 1 aromatic heterocycles. The Labute approximate surface area is 201 Å². The summed E-state index contributed by atoms with van der Waals surface area (Å²) in [7, 11) is -3.89. The molecule has 3 aromatic rings. The lowest BCUT2D eigenvalue weighted by molar-refractivity contribution is 0.0908. The Morgan fingerprint density at radius 1 is 1.03 bits per heavy atom. The van der Waals surface area contributed by atoms with Crippen molar-refractivity contribution in [3.05, 3.63) is 86.8 Å². The molecule has 3 N–H and O–H groups in total. The average molecular weight is 500 g/mol. The molecule has 0 spiro atoms. The van der Waals surface area contributed by atoms with Gasteiger partial charge in [0.05, 0.1) is 4.90 Å². The summed E-state index contributed by atoms with van der Waals surface area (Å²) in [6, 6.07) is 13.1. The van der Waals surface area contributed by atoms with Crippen LogP contribution in [-0.2, 0) is 16.4 Å². The van der Waals surface area contributed by atoms with Crippen molar-refractivity contribution in [2.24, 2.45) is 10.6 Å². The van der Waals surface area contributed by atoms with Crippen LogP contribution in [0.25, 0.3) is 5.69 Å². The van der Waals surface area contributed by atoms with Crippen LogP contribution < -0.4 is 16.0 Å². The number of halogens is 1. The lowest BCUT2D eigenvalue weighted by Crippen LogP contribution is -2.37. The van der Waals surface area contributed by atoms with Crippen LogP contribution in [0.5, 0.6) is 0 Å². The Hall–Kier alpha value is -3.27. The monoisotopic (exact) mass is 499 g/mol. The minimum atomic E-state index is -3.89. The van der Waals surface area contributed by atoms with Crippen LogP contribution in [0.2, 0.25) is 5.02 Å². The third kappa shape index (κ3) is 4.68. The summed E-state index contributed by atoms with van der Waals surface area (Å²) in [5.74, 6) is -0.878. The van der Waals surface area contributed by atoms with Gasteiger partial charge in [0.25, 0.3) is 11.5 Å². The van der Waals surface area contributed by atoms with E-state index in [1.165, 1.54) is 34.9 Å². The van der Waals surface area contributed by atoms with Crippen LogP contribution in [-0.4, -0.2) is 24.7 Å². The summed E-state index contributed by atoms with van der Waals surface area (Å²) in [6.45, 7) is 3.91. The highest BCUT2D eigenvalue weighted by Gasteiger charge is 2.35. The topological polar surface area (TPSA) is 128 Å². The van der Waals surface area contributed by atoms with E-state index in [1.807, 2.05) is 13.8 Å². The minimum absolute atomic E-state index is 0.113. The van der Waals surface area contributed by atoms with Gasteiger partial charge in [-0.05, 0) is 66.4 Å². The van der Waals surface area contributed by atoms with Crippen LogP contribution in [0.15, 0.2) is 64.3 Å². The van der Waals surface area contributed by atoms with Crippen molar-refractivity contribution in [1.82, 2.24) is 4.57 Å². The van der Waals surface area contributed by atoms with E-state index in [0.717, 1.165) is 0 Å². The number of hydrogen-bond donors (Lipinski definition) is 2. The number of nitrogens with zero attached hydrogens (tertiary/aromatic N) is 1. The number of Topliss-reactive ketones (excluding diaryl/α,β-unsaturated/α-hetero) is 1. The number of nitrogens with one attached hydrogen (secondary N) is 1. The summed E-state index contributed by atoms with van der Waals surface area (Å²) in [5, 5.41) is 8.17. The lowest BCUT2D eigenvalue weighted by atomic mass is 9.75. The van der Waals surface area contributed by atoms with Crippen molar-refractivity contribution >= 4 is 39.0 Å². The number of amides is 1. The van der Waals surface area contributed by atoms with Gasteiger partial charge in [-0.3, -0.25) is 19.0 Å². The van der Waals surface area contributed by atoms with E-state index in [9.17, 15) is 22.8 Å². The van der Waals surface area contributed by atoms with Crippen molar-refractivity contribution in [3.63, 3.8) is 0 Å². The number of carbonyl (C=O) groups is 2. The van der Waals surface area contributed by atoms with E-state index < -0.39 is 21.5 Å². The molecule has 0 radical (unpaired) electrons. The largest absolute Gasteiger partial charge is 0.322 e. The first-order chi connectivity index (χ1) is 15.9. The molecule has 0 aliphatic heterocycles. The summed E-state index contributed by atoms with van der Waals surface area (Å²) in [5.41, 5.74) is 0.483. The summed E-state index contributed by atoms with van der Waals surface area (Å²) in [6.07, 6.45) is 0.762. The molecule has 1 aliphatic carbocycles. The maximum atomic E-state index is 13.5. The van der Waals surface area contributed by atoms with Gasteiger partial charge in [-0.15, -0.1) is 0 Å². The molecule has 34 heavy (non-hydrogen) atoms. The van der Waals surface area contributed by atoms with E-state index >= 15 is 0 Å². The smallest absolute Gasteiger partial charge is 0.268 e. The number of rotatable bonds is 4. The van der Waals surface area contributed by atoms with Crippen molar-refractivity contribution < 1.29 is 18.0 Å². The first kappa shape index (κ1) is 23.9. The number of primary sulfonamides is 1. The highest BCUT2D eigenvalue weighted by molar-refractivity contribution is 7.89. The van der Waals surface area contributed by atoms with E-state index in [2.05, 4.69) is 5.32 Å². The molecule has 0 fully saturated rings. The maximum Gasteiger partial charge on any atom is 0.268 e. The number of anilines is 1. The second kappa shape index (κ2) is 8.50. The Morgan fingerprint density at radius 3 is 2.24 bits per heavy atom. The van der Waals surface area contributed by atoms with E-state index in [1.54, 1.807) is 24.3 Å². The van der Waals surface area contributed by atoms with Gasteiger partial charge in [-0.25, -0.2) is 13.6 Å². The van der Waals surface area contributed by atoms with Crippen molar-refractivity contribution in [1.29, 1.82) is 0 Å². The maximum absolute atomic E-state index is 13.5. The van der Waals surface area contributed by atoms with Crippen LogP contribution in [0.1, 0.15) is 46.7 Å². The third-order valence-corrected chi connectivity index (χ3v) is 6.84. The minimum Gasteiger partial charge on any atom is -0.322 e. The van der Waals surface area contributed by atoms with Gasteiger partial charge in [-0.1, -0.05) is 25.4 Å². The van der Waals surface area contributed by atoms with Crippen molar-refractivity contribution in [3.8, 4) is 5.69 Å². The predicted octanol–water partition coefficient (Wildman–Crippen LogP) is 3.55. The van der Waals surface area contributed by atoms with E-state index in [0.29, 0.717) is 28.4 Å². The second-order valence-corrected chi connectivity index (χ2v) is 11.0. The Kier molecular flexibility index (Phi) is 5.97. The Morgan fingerprint density at radius 2 is 1.65 bits per heavy atom. The fourth-order valence-electron chi connectivity index (χ4n) is 4.07. The molecular formula is C24H22ClN3O5S. The molecule has 1 aliphatic rings. The number of hydrogen-bond acceptors (Lipinski definition) is 5. The fraction of sp³-hybridized carbons (Fsp3) is 0.208. The molecule has 0 atom stereocenters. The zero-order chi connectivity index (χ0) is 24.8. The van der Waals surface area contributed by atoms with Crippen LogP contribution in [0.4, 0.5) is 5.69 Å². The third-order valence-electron chi connectivity index (χ3n) is 5.66. The number of benzene rings is 2. The zero-order valence-electron chi connectivity index (χ0n) is 18.5.